The zero-order valence-corrected chi connectivity index (χ0v) is 13.5. The van der Waals surface area contributed by atoms with Crippen molar-refractivity contribution in [2.75, 3.05) is 12.4 Å². The molecule has 1 aliphatic rings. The van der Waals surface area contributed by atoms with Crippen molar-refractivity contribution >= 4 is 17.5 Å². The second-order valence-corrected chi connectivity index (χ2v) is 5.92. The molecule has 0 saturated heterocycles. The molecule has 1 fully saturated rings. The third kappa shape index (κ3) is 4.20. The van der Waals surface area contributed by atoms with Crippen LogP contribution < -0.4 is 10.6 Å². The van der Waals surface area contributed by atoms with Crippen LogP contribution in [0.25, 0.3) is 0 Å². The van der Waals surface area contributed by atoms with Crippen molar-refractivity contribution in [3.63, 3.8) is 0 Å². The number of methoxy groups -OCH3 is 1. The summed E-state index contributed by atoms with van der Waals surface area (Å²) in [6, 6.07) is 14.5. The highest BCUT2D eigenvalue weighted by molar-refractivity contribution is 6.05. The normalized spacial score (nSPS) is 13.4. The van der Waals surface area contributed by atoms with E-state index in [-0.39, 0.29) is 11.8 Å². The van der Waals surface area contributed by atoms with Gasteiger partial charge < -0.3 is 15.4 Å². The van der Waals surface area contributed by atoms with Gasteiger partial charge in [-0.25, -0.2) is 0 Å². The van der Waals surface area contributed by atoms with Crippen LogP contribution >= 0.6 is 0 Å². The van der Waals surface area contributed by atoms with Crippen LogP contribution in [0.2, 0.25) is 0 Å². The topological polar surface area (TPSA) is 67.4 Å². The summed E-state index contributed by atoms with van der Waals surface area (Å²) in [4.78, 5) is 24.5. The van der Waals surface area contributed by atoms with Gasteiger partial charge in [-0.15, -0.1) is 0 Å². The molecule has 0 heterocycles. The van der Waals surface area contributed by atoms with Crippen LogP contribution in [0, 0.1) is 0 Å². The molecule has 0 radical (unpaired) electrons. The number of nitrogens with one attached hydrogen (secondary N) is 2. The summed E-state index contributed by atoms with van der Waals surface area (Å²) in [6.45, 7) is 0.456. The first-order chi connectivity index (χ1) is 11.7. The Bertz CT molecular complexity index is 754. The Hall–Kier alpha value is -2.66. The molecule has 0 aliphatic heterocycles. The Kier molecular flexibility index (Phi) is 4.91. The SMILES string of the molecule is COCc1cccc(C(=O)Nc2cccc(C(=O)NC3CC3)c2)c1. The molecule has 124 valence electrons. The van der Waals surface area contributed by atoms with Gasteiger partial charge in [0.05, 0.1) is 6.61 Å². The monoisotopic (exact) mass is 324 g/mol. The maximum Gasteiger partial charge on any atom is 0.255 e. The van der Waals surface area contributed by atoms with Crippen LogP contribution in [0.4, 0.5) is 5.69 Å². The van der Waals surface area contributed by atoms with Gasteiger partial charge in [-0.3, -0.25) is 9.59 Å². The highest BCUT2D eigenvalue weighted by Crippen LogP contribution is 2.20. The summed E-state index contributed by atoms with van der Waals surface area (Å²) < 4.78 is 5.08. The first-order valence-corrected chi connectivity index (χ1v) is 7.96. The van der Waals surface area contributed by atoms with E-state index in [4.69, 9.17) is 4.74 Å². The molecular weight excluding hydrogens is 304 g/mol. The van der Waals surface area contributed by atoms with Crippen molar-refractivity contribution in [1.29, 1.82) is 0 Å². The summed E-state index contributed by atoms with van der Waals surface area (Å²) in [6.07, 6.45) is 2.08. The molecule has 5 heteroatoms. The van der Waals surface area contributed by atoms with Crippen molar-refractivity contribution in [3.05, 3.63) is 65.2 Å². The highest BCUT2D eigenvalue weighted by Gasteiger charge is 2.23. The lowest BCUT2D eigenvalue weighted by Crippen LogP contribution is -2.25. The van der Waals surface area contributed by atoms with E-state index in [9.17, 15) is 9.59 Å². The third-order valence-corrected chi connectivity index (χ3v) is 3.80. The third-order valence-electron chi connectivity index (χ3n) is 3.80. The smallest absolute Gasteiger partial charge is 0.255 e. The van der Waals surface area contributed by atoms with Crippen LogP contribution in [0.15, 0.2) is 48.5 Å². The number of ether oxygens (including phenoxy) is 1. The number of rotatable bonds is 6. The standard InChI is InChI=1S/C19H20N2O3/c1-24-12-13-4-2-5-14(10-13)18(22)21-17-7-3-6-15(11-17)19(23)20-16-8-9-16/h2-7,10-11,16H,8-9,12H2,1H3,(H,20,23)(H,21,22). The molecule has 0 spiro atoms. The van der Waals surface area contributed by atoms with Gasteiger partial charge in [0.25, 0.3) is 11.8 Å². The highest BCUT2D eigenvalue weighted by atomic mass is 16.5. The number of benzene rings is 2. The van der Waals surface area contributed by atoms with E-state index < -0.39 is 0 Å². The molecule has 1 aliphatic carbocycles. The fourth-order valence-corrected chi connectivity index (χ4v) is 2.41. The van der Waals surface area contributed by atoms with E-state index in [1.807, 2.05) is 12.1 Å². The molecular formula is C19H20N2O3. The molecule has 0 bridgehead atoms. The van der Waals surface area contributed by atoms with Gasteiger partial charge in [-0.2, -0.15) is 0 Å². The number of anilines is 1. The second-order valence-electron chi connectivity index (χ2n) is 5.92. The number of hydrogen-bond donors (Lipinski definition) is 2. The van der Waals surface area contributed by atoms with Gasteiger partial charge in [-0.05, 0) is 48.7 Å². The lowest BCUT2D eigenvalue weighted by atomic mass is 10.1. The Morgan fingerprint density at radius 3 is 2.46 bits per heavy atom. The van der Waals surface area contributed by atoms with E-state index >= 15 is 0 Å². The van der Waals surface area contributed by atoms with Crippen LogP contribution in [-0.2, 0) is 11.3 Å². The molecule has 1 saturated carbocycles. The average Bonchev–Trinajstić information content (AvgIpc) is 3.39. The molecule has 0 atom stereocenters. The molecule has 2 amide bonds. The Balaban J connectivity index is 1.69. The second kappa shape index (κ2) is 7.27. The molecule has 0 unspecified atom stereocenters. The summed E-state index contributed by atoms with van der Waals surface area (Å²) in [7, 11) is 1.62. The van der Waals surface area contributed by atoms with Crippen molar-refractivity contribution in [1.82, 2.24) is 5.32 Å². The van der Waals surface area contributed by atoms with E-state index in [0.717, 1.165) is 18.4 Å². The lowest BCUT2D eigenvalue weighted by molar-refractivity contribution is 0.0949. The van der Waals surface area contributed by atoms with E-state index in [1.54, 1.807) is 43.5 Å². The quantitative estimate of drug-likeness (QED) is 0.858. The molecule has 2 aromatic rings. The predicted molar refractivity (Wildman–Crippen MR) is 92.0 cm³/mol. The molecule has 2 aromatic carbocycles. The largest absolute Gasteiger partial charge is 0.380 e. The minimum Gasteiger partial charge on any atom is -0.380 e. The Morgan fingerprint density at radius 2 is 1.75 bits per heavy atom. The van der Waals surface area contributed by atoms with Gasteiger partial charge in [0.1, 0.15) is 0 Å². The summed E-state index contributed by atoms with van der Waals surface area (Å²) >= 11 is 0. The van der Waals surface area contributed by atoms with Gasteiger partial charge in [-0.1, -0.05) is 18.2 Å². The predicted octanol–water partition coefficient (Wildman–Crippen LogP) is 2.98. The van der Waals surface area contributed by atoms with E-state index in [2.05, 4.69) is 10.6 Å². The number of amides is 2. The first-order valence-electron chi connectivity index (χ1n) is 7.96. The number of hydrogen-bond acceptors (Lipinski definition) is 3. The average molecular weight is 324 g/mol. The van der Waals surface area contributed by atoms with E-state index in [0.29, 0.717) is 29.5 Å². The van der Waals surface area contributed by atoms with Gasteiger partial charge in [0, 0.05) is 30.0 Å². The number of carbonyl (C=O) groups is 2. The minimum absolute atomic E-state index is 0.101. The van der Waals surface area contributed by atoms with Crippen molar-refractivity contribution in [2.24, 2.45) is 0 Å². The molecule has 5 nitrogen and oxygen atoms in total. The summed E-state index contributed by atoms with van der Waals surface area (Å²) in [5.41, 5.74) is 2.63. The van der Waals surface area contributed by atoms with Crippen LogP contribution in [-0.4, -0.2) is 25.0 Å². The molecule has 2 N–H and O–H groups in total. The minimum atomic E-state index is -0.215. The van der Waals surface area contributed by atoms with Gasteiger partial charge >= 0.3 is 0 Å². The Morgan fingerprint density at radius 1 is 1.04 bits per heavy atom. The van der Waals surface area contributed by atoms with Crippen molar-refractivity contribution in [2.45, 2.75) is 25.5 Å². The summed E-state index contributed by atoms with van der Waals surface area (Å²) in [5.74, 6) is -0.316. The Labute approximate surface area is 141 Å². The molecule has 24 heavy (non-hydrogen) atoms. The fraction of sp³-hybridized carbons (Fsp3) is 0.263. The van der Waals surface area contributed by atoms with Crippen molar-refractivity contribution < 1.29 is 14.3 Å². The summed E-state index contributed by atoms with van der Waals surface area (Å²) in [5, 5.41) is 5.77. The van der Waals surface area contributed by atoms with Gasteiger partial charge in [0.15, 0.2) is 0 Å². The fourth-order valence-electron chi connectivity index (χ4n) is 2.41. The maximum atomic E-state index is 12.4. The first kappa shape index (κ1) is 16.2. The van der Waals surface area contributed by atoms with Gasteiger partial charge in [0.2, 0.25) is 0 Å². The lowest BCUT2D eigenvalue weighted by Gasteiger charge is -2.09. The van der Waals surface area contributed by atoms with Crippen LogP contribution in [0.1, 0.15) is 39.1 Å². The molecule has 3 rings (SSSR count). The molecule has 0 aromatic heterocycles. The van der Waals surface area contributed by atoms with Crippen LogP contribution in [0.3, 0.4) is 0 Å². The number of carbonyl (C=O) groups excluding carboxylic acids is 2. The zero-order valence-electron chi connectivity index (χ0n) is 13.5. The van der Waals surface area contributed by atoms with Crippen LogP contribution in [0.5, 0.6) is 0 Å². The van der Waals surface area contributed by atoms with E-state index in [1.165, 1.54) is 0 Å². The maximum absolute atomic E-state index is 12.4. The zero-order chi connectivity index (χ0) is 16.9. The van der Waals surface area contributed by atoms with Crippen molar-refractivity contribution in [3.8, 4) is 0 Å².